The summed E-state index contributed by atoms with van der Waals surface area (Å²) in [5, 5.41) is 0. The number of carbonyl (C=O) groups excluding carboxylic acids is 1. The van der Waals surface area contributed by atoms with Crippen molar-refractivity contribution in [3.05, 3.63) is 28.8 Å². The van der Waals surface area contributed by atoms with E-state index >= 15 is 0 Å². The van der Waals surface area contributed by atoms with Gasteiger partial charge in [0.25, 0.3) is 0 Å². The quantitative estimate of drug-likeness (QED) is 0.788. The van der Waals surface area contributed by atoms with E-state index in [2.05, 4.69) is 15.9 Å². The lowest BCUT2D eigenvalue weighted by Gasteiger charge is -2.15. The van der Waals surface area contributed by atoms with Gasteiger partial charge in [0.2, 0.25) is 0 Å². The largest absolute Gasteiger partial charge is 0.496 e. The van der Waals surface area contributed by atoms with Crippen LogP contribution in [0.1, 0.15) is 28.4 Å². The first-order valence-electron chi connectivity index (χ1n) is 4.77. The van der Waals surface area contributed by atoms with Crippen LogP contribution in [0.4, 0.5) is 0 Å². The van der Waals surface area contributed by atoms with Crippen LogP contribution < -0.4 is 4.74 Å². The van der Waals surface area contributed by atoms with Crippen LogP contribution in [0.25, 0.3) is 0 Å². The summed E-state index contributed by atoms with van der Waals surface area (Å²) in [6.45, 7) is 5.56. The minimum atomic E-state index is -0.286. The zero-order valence-electron chi connectivity index (χ0n) is 9.43. The summed E-state index contributed by atoms with van der Waals surface area (Å²) in [5.41, 5.74) is 3.09. The molecule has 0 fully saturated rings. The number of hydrogen-bond acceptors (Lipinski definition) is 2. The molecule has 2 nitrogen and oxygen atoms in total. The SMILES string of the molecule is COc1c(C)cc(C)cc1C(Br)C(C)=O. The number of aryl methyl sites for hydroxylation is 2. The van der Waals surface area contributed by atoms with Crippen LogP contribution in [0.5, 0.6) is 5.75 Å². The Balaban J connectivity index is 3.32. The van der Waals surface area contributed by atoms with E-state index in [-0.39, 0.29) is 10.6 Å². The molecule has 82 valence electrons. The molecule has 0 heterocycles. The van der Waals surface area contributed by atoms with Gasteiger partial charge < -0.3 is 4.74 Å². The van der Waals surface area contributed by atoms with Gasteiger partial charge in [0, 0.05) is 5.56 Å². The minimum absolute atomic E-state index is 0.0818. The zero-order chi connectivity index (χ0) is 11.6. The molecule has 3 heteroatoms. The summed E-state index contributed by atoms with van der Waals surface area (Å²) in [5.74, 6) is 0.871. The fraction of sp³-hybridized carbons (Fsp3) is 0.417. The summed E-state index contributed by atoms with van der Waals surface area (Å²) in [4.78, 5) is 11.0. The number of ketones is 1. The molecule has 1 aromatic rings. The molecule has 1 unspecified atom stereocenters. The first kappa shape index (κ1) is 12.2. The smallest absolute Gasteiger partial charge is 0.147 e. The van der Waals surface area contributed by atoms with Gasteiger partial charge in [-0.15, -0.1) is 0 Å². The van der Waals surface area contributed by atoms with Crippen molar-refractivity contribution >= 4 is 21.7 Å². The van der Waals surface area contributed by atoms with Crippen molar-refractivity contribution < 1.29 is 9.53 Å². The predicted molar refractivity (Wildman–Crippen MR) is 64.8 cm³/mol. The van der Waals surface area contributed by atoms with Crippen LogP contribution in [0.2, 0.25) is 0 Å². The number of halogens is 1. The van der Waals surface area contributed by atoms with Crippen LogP contribution in [0, 0.1) is 13.8 Å². The molecule has 0 bridgehead atoms. The van der Waals surface area contributed by atoms with E-state index in [1.165, 1.54) is 0 Å². The molecular formula is C12H15BrO2. The monoisotopic (exact) mass is 270 g/mol. The number of benzene rings is 1. The molecule has 0 saturated heterocycles. The Morgan fingerprint density at radius 3 is 2.47 bits per heavy atom. The molecule has 1 aromatic carbocycles. The molecule has 0 saturated carbocycles. The lowest BCUT2D eigenvalue weighted by molar-refractivity contribution is -0.116. The second kappa shape index (κ2) is 4.79. The fourth-order valence-electron chi connectivity index (χ4n) is 1.67. The third-order valence-electron chi connectivity index (χ3n) is 2.28. The molecular weight excluding hydrogens is 256 g/mol. The molecule has 0 spiro atoms. The van der Waals surface area contributed by atoms with Gasteiger partial charge in [-0.1, -0.05) is 33.6 Å². The fourth-order valence-corrected chi connectivity index (χ4v) is 2.01. The molecule has 0 aromatic heterocycles. The third kappa shape index (κ3) is 2.59. The lowest BCUT2D eigenvalue weighted by Crippen LogP contribution is -2.05. The third-order valence-corrected chi connectivity index (χ3v) is 3.42. The van der Waals surface area contributed by atoms with Gasteiger partial charge in [-0.05, 0) is 26.3 Å². The van der Waals surface area contributed by atoms with Crippen LogP contribution >= 0.6 is 15.9 Å². The summed E-state index contributed by atoms with van der Waals surface area (Å²) in [6.07, 6.45) is 0. The van der Waals surface area contributed by atoms with Crippen LogP contribution in [-0.2, 0) is 4.79 Å². The highest BCUT2D eigenvalue weighted by Gasteiger charge is 2.19. The average Bonchev–Trinajstić information content (AvgIpc) is 2.15. The van der Waals surface area contributed by atoms with E-state index < -0.39 is 0 Å². The van der Waals surface area contributed by atoms with E-state index in [1.807, 2.05) is 26.0 Å². The number of Topliss-reactive ketones (excluding diaryl/α,β-unsaturated/α-hetero) is 1. The molecule has 1 atom stereocenters. The van der Waals surface area contributed by atoms with Crippen molar-refractivity contribution in [2.45, 2.75) is 25.6 Å². The number of ether oxygens (including phenoxy) is 1. The van der Waals surface area contributed by atoms with Crippen LogP contribution in [0.3, 0.4) is 0 Å². The van der Waals surface area contributed by atoms with Crippen molar-refractivity contribution in [2.75, 3.05) is 7.11 Å². The molecule has 0 aliphatic rings. The van der Waals surface area contributed by atoms with Crippen molar-refractivity contribution in [1.82, 2.24) is 0 Å². The Morgan fingerprint density at radius 1 is 1.40 bits per heavy atom. The van der Waals surface area contributed by atoms with Crippen molar-refractivity contribution in [3.8, 4) is 5.75 Å². The Hall–Kier alpha value is -0.830. The Labute approximate surface area is 98.8 Å². The van der Waals surface area contributed by atoms with E-state index in [4.69, 9.17) is 4.74 Å². The maximum atomic E-state index is 11.3. The molecule has 1 rings (SSSR count). The van der Waals surface area contributed by atoms with E-state index in [0.29, 0.717) is 0 Å². The number of hydrogen-bond donors (Lipinski definition) is 0. The number of alkyl halides is 1. The highest BCUT2D eigenvalue weighted by Crippen LogP contribution is 2.35. The van der Waals surface area contributed by atoms with Gasteiger partial charge in [0.15, 0.2) is 0 Å². The van der Waals surface area contributed by atoms with Gasteiger partial charge >= 0.3 is 0 Å². The van der Waals surface area contributed by atoms with Gasteiger partial charge in [-0.2, -0.15) is 0 Å². The second-order valence-electron chi connectivity index (χ2n) is 3.68. The van der Waals surface area contributed by atoms with E-state index in [9.17, 15) is 4.79 Å². The van der Waals surface area contributed by atoms with Crippen molar-refractivity contribution in [3.63, 3.8) is 0 Å². The summed E-state index contributed by atoms with van der Waals surface area (Å²) >= 11 is 3.38. The minimum Gasteiger partial charge on any atom is -0.496 e. The van der Waals surface area contributed by atoms with E-state index in [0.717, 1.165) is 22.4 Å². The standard InChI is InChI=1S/C12H15BrO2/c1-7-5-8(2)12(15-4)10(6-7)11(13)9(3)14/h5-6,11H,1-4H3. The molecule has 0 N–H and O–H groups in total. The Bertz CT molecular complexity index is 385. The first-order valence-corrected chi connectivity index (χ1v) is 5.68. The Kier molecular flexibility index (Phi) is 3.91. The first-order chi connectivity index (χ1) is 6.97. The van der Waals surface area contributed by atoms with Crippen LogP contribution in [0.15, 0.2) is 12.1 Å². The topological polar surface area (TPSA) is 26.3 Å². The van der Waals surface area contributed by atoms with Crippen LogP contribution in [-0.4, -0.2) is 12.9 Å². The predicted octanol–water partition coefficient (Wildman–Crippen LogP) is 3.34. The van der Waals surface area contributed by atoms with Gasteiger partial charge in [-0.3, -0.25) is 4.79 Å². The Morgan fingerprint density at radius 2 is 2.00 bits per heavy atom. The van der Waals surface area contributed by atoms with Crippen molar-refractivity contribution in [2.24, 2.45) is 0 Å². The molecule has 0 radical (unpaired) electrons. The lowest BCUT2D eigenvalue weighted by atomic mass is 10.0. The summed E-state index contributed by atoms with van der Waals surface area (Å²) < 4.78 is 5.32. The van der Waals surface area contributed by atoms with Gasteiger partial charge in [0.1, 0.15) is 16.4 Å². The number of rotatable bonds is 3. The molecule has 0 amide bonds. The number of methoxy groups -OCH3 is 1. The summed E-state index contributed by atoms with van der Waals surface area (Å²) in [7, 11) is 1.63. The second-order valence-corrected chi connectivity index (χ2v) is 4.59. The number of carbonyl (C=O) groups is 1. The normalized spacial score (nSPS) is 12.3. The molecule has 15 heavy (non-hydrogen) atoms. The van der Waals surface area contributed by atoms with E-state index in [1.54, 1.807) is 14.0 Å². The highest BCUT2D eigenvalue weighted by atomic mass is 79.9. The van der Waals surface area contributed by atoms with Gasteiger partial charge in [0.05, 0.1) is 7.11 Å². The van der Waals surface area contributed by atoms with Crippen molar-refractivity contribution in [1.29, 1.82) is 0 Å². The highest BCUT2D eigenvalue weighted by molar-refractivity contribution is 9.09. The van der Waals surface area contributed by atoms with Gasteiger partial charge in [-0.25, -0.2) is 0 Å². The maximum Gasteiger partial charge on any atom is 0.147 e. The average molecular weight is 271 g/mol. The molecule has 0 aliphatic heterocycles. The maximum absolute atomic E-state index is 11.3. The zero-order valence-corrected chi connectivity index (χ0v) is 11.0. The molecule has 0 aliphatic carbocycles. The summed E-state index contributed by atoms with van der Waals surface area (Å²) in [6, 6.07) is 4.02.